The van der Waals surface area contributed by atoms with Gasteiger partial charge in [-0.05, 0) is 96.3 Å². The summed E-state index contributed by atoms with van der Waals surface area (Å²) >= 11 is 0. The van der Waals surface area contributed by atoms with Crippen LogP contribution in [0.2, 0.25) is 0 Å². The molecule has 0 N–H and O–H groups in total. The summed E-state index contributed by atoms with van der Waals surface area (Å²) in [4.78, 5) is 38.5. The Bertz CT molecular complexity index is 1380. The second-order valence-corrected chi connectivity index (χ2v) is 25.6. The van der Waals surface area contributed by atoms with Crippen molar-refractivity contribution >= 4 is 17.9 Å². The number of allylic oxidation sites excluding steroid dienone is 6. The van der Waals surface area contributed by atoms with Gasteiger partial charge in [0.2, 0.25) is 0 Å². The second-order valence-electron chi connectivity index (χ2n) is 25.6. The minimum Gasteiger partial charge on any atom is -0.462 e. The van der Waals surface area contributed by atoms with Crippen molar-refractivity contribution in [2.75, 3.05) is 13.2 Å². The highest BCUT2D eigenvalue weighted by molar-refractivity contribution is 5.71. The molecule has 0 saturated carbocycles. The number of hydrogen-bond donors (Lipinski definition) is 0. The van der Waals surface area contributed by atoms with E-state index in [4.69, 9.17) is 14.2 Å². The van der Waals surface area contributed by atoms with Crippen LogP contribution in [0.1, 0.15) is 419 Å². The minimum atomic E-state index is -0.775. The van der Waals surface area contributed by atoms with Crippen LogP contribution in [0, 0.1) is 0 Å². The van der Waals surface area contributed by atoms with E-state index in [-0.39, 0.29) is 31.1 Å². The zero-order valence-corrected chi connectivity index (χ0v) is 56.2. The summed E-state index contributed by atoms with van der Waals surface area (Å²) < 4.78 is 17.0. The third-order valence-corrected chi connectivity index (χ3v) is 17.1. The third kappa shape index (κ3) is 70.3. The Balaban J connectivity index is 4.29. The quantitative estimate of drug-likeness (QED) is 0.0261. The van der Waals surface area contributed by atoms with Crippen molar-refractivity contribution in [3.63, 3.8) is 0 Å². The summed E-state index contributed by atoms with van der Waals surface area (Å²) in [5.41, 5.74) is 0. The van der Waals surface area contributed by atoms with E-state index < -0.39 is 6.10 Å². The predicted octanol–water partition coefficient (Wildman–Crippen LogP) is 25.9. The molecule has 0 spiro atoms. The van der Waals surface area contributed by atoms with E-state index in [9.17, 15) is 14.4 Å². The van der Waals surface area contributed by atoms with Crippen molar-refractivity contribution in [2.45, 2.75) is 425 Å². The van der Waals surface area contributed by atoms with Crippen molar-refractivity contribution < 1.29 is 28.6 Å². The predicted molar refractivity (Wildman–Crippen MR) is 362 cm³/mol. The molecule has 6 nitrogen and oxygen atoms in total. The first-order valence-electron chi connectivity index (χ1n) is 37.5. The molecule has 0 fully saturated rings. The number of esters is 3. The maximum atomic E-state index is 13.0. The molecule has 0 saturated heterocycles. The molecule has 0 radical (unpaired) electrons. The average molecular weight is 1170 g/mol. The van der Waals surface area contributed by atoms with Crippen LogP contribution >= 0.6 is 0 Å². The van der Waals surface area contributed by atoms with E-state index in [1.807, 2.05) is 0 Å². The lowest BCUT2D eigenvalue weighted by atomic mass is 10.0. The Morgan fingerprint density at radius 1 is 0.229 bits per heavy atom. The third-order valence-electron chi connectivity index (χ3n) is 17.1. The number of ether oxygens (including phenoxy) is 3. The Morgan fingerprint density at radius 3 is 0.602 bits per heavy atom. The van der Waals surface area contributed by atoms with E-state index in [1.54, 1.807) is 0 Å². The molecule has 0 aromatic carbocycles. The minimum absolute atomic E-state index is 0.0694. The number of hydrogen-bond acceptors (Lipinski definition) is 6. The van der Waals surface area contributed by atoms with Crippen molar-refractivity contribution in [1.82, 2.24) is 0 Å². The Hall–Kier alpha value is -2.37. The Labute approximate surface area is 518 Å². The van der Waals surface area contributed by atoms with Crippen LogP contribution in [0.25, 0.3) is 0 Å². The molecule has 0 heterocycles. The highest BCUT2D eigenvalue weighted by Crippen LogP contribution is 2.18. The van der Waals surface area contributed by atoms with Crippen LogP contribution in [-0.2, 0) is 28.6 Å². The standard InChI is InChI=1S/C77H144O6/c1-4-7-10-13-16-19-22-25-28-31-33-35-37-38-40-41-43-46-49-52-55-58-61-64-67-70-76(79)82-73-74(72-81-75(78)69-66-63-60-57-54-51-48-45-30-27-24-21-18-15-12-9-6-3)83-77(80)71-68-65-62-59-56-53-50-47-44-42-39-36-34-32-29-26-23-20-17-14-11-8-5-2/h27,30-34,74H,4-26,28-29,35-73H2,1-3H3/b30-27-,33-31-,34-32-. The fourth-order valence-corrected chi connectivity index (χ4v) is 11.4. The van der Waals surface area contributed by atoms with Crippen LogP contribution in [0.4, 0.5) is 0 Å². The summed E-state index contributed by atoms with van der Waals surface area (Å²) in [5.74, 6) is -0.843. The van der Waals surface area contributed by atoms with E-state index in [0.717, 1.165) is 57.8 Å². The van der Waals surface area contributed by atoms with E-state index in [2.05, 4.69) is 57.2 Å². The lowest BCUT2D eigenvalue weighted by Crippen LogP contribution is -2.30. The van der Waals surface area contributed by atoms with Crippen molar-refractivity contribution in [1.29, 1.82) is 0 Å². The van der Waals surface area contributed by atoms with Gasteiger partial charge in [0.05, 0.1) is 0 Å². The van der Waals surface area contributed by atoms with Crippen LogP contribution < -0.4 is 0 Å². The van der Waals surface area contributed by atoms with E-state index >= 15 is 0 Å². The van der Waals surface area contributed by atoms with Gasteiger partial charge in [0, 0.05) is 19.3 Å². The van der Waals surface area contributed by atoms with Crippen molar-refractivity contribution in [2.24, 2.45) is 0 Å². The van der Waals surface area contributed by atoms with Gasteiger partial charge in [-0.25, -0.2) is 0 Å². The summed E-state index contributed by atoms with van der Waals surface area (Å²) in [6.45, 7) is 6.71. The van der Waals surface area contributed by atoms with Crippen molar-refractivity contribution in [3.05, 3.63) is 36.5 Å². The molecule has 83 heavy (non-hydrogen) atoms. The van der Waals surface area contributed by atoms with Gasteiger partial charge >= 0.3 is 17.9 Å². The molecule has 0 aromatic rings. The fraction of sp³-hybridized carbons (Fsp3) is 0.883. The molecule has 488 valence electrons. The fourth-order valence-electron chi connectivity index (χ4n) is 11.4. The van der Waals surface area contributed by atoms with Gasteiger partial charge < -0.3 is 14.2 Å². The normalized spacial score (nSPS) is 12.2. The smallest absolute Gasteiger partial charge is 0.306 e. The van der Waals surface area contributed by atoms with Gasteiger partial charge in [-0.1, -0.05) is 340 Å². The zero-order valence-electron chi connectivity index (χ0n) is 56.2. The monoisotopic (exact) mass is 1170 g/mol. The summed E-state index contributed by atoms with van der Waals surface area (Å²) in [6.07, 6.45) is 90.4. The molecular weight excluding hydrogens is 1020 g/mol. The Kier molecular flexibility index (Phi) is 70.0. The summed E-state index contributed by atoms with van der Waals surface area (Å²) in [7, 11) is 0. The highest BCUT2D eigenvalue weighted by Gasteiger charge is 2.20. The number of carbonyl (C=O) groups excluding carboxylic acids is 3. The van der Waals surface area contributed by atoms with Gasteiger partial charge in [-0.2, -0.15) is 0 Å². The van der Waals surface area contributed by atoms with Crippen LogP contribution in [0.5, 0.6) is 0 Å². The molecule has 0 aliphatic carbocycles. The maximum absolute atomic E-state index is 13.0. The number of rotatable bonds is 70. The van der Waals surface area contributed by atoms with E-state index in [0.29, 0.717) is 19.3 Å². The molecule has 0 aliphatic rings. The summed E-state index contributed by atoms with van der Waals surface area (Å²) in [6, 6.07) is 0. The van der Waals surface area contributed by atoms with Gasteiger partial charge in [0.15, 0.2) is 6.10 Å². The zero-order chi connectivity index (χ0) is 59.9. The number of unbranched alkanes of at least 4 members (excludes halogenated alkanes) is 53. The molecular formula is C77H144O6. The van der Waals surface area contributed by atoms with Gasteiger partial charge in [0.1, 0.15) is 13.2 Å². The topological polar surface area (TPSA) is 78.9 Å². The molecule has 0 aromatic heterocycles. The van der Waals surface area contributed by atoms with Crippen LogP contribution in [-0.4, -0.2) is 37.2 Å². The first kappa shape index (κ1) is 80.6. The van der Waals surface area contributed by atoms with Crippen LogP contribution in [0.15, 0.2) is 36.5 Å². The first-order chi connectivity index (χ1) is 41.0. The highest BCUT2D eigenvalue weighted by atomic mass is 16.6. The molecule has 1 unspecified atom stereocenters. The van der Waals surface area contributed by atoms with E-state index in [1.165, 1.54) is 321 Å². The molecule has 6 heteroatoms. The maximum Gasteiger partial charge on any atom is 0.306 e. The number of carbonyl (C=O) groups is 3. The molecule has 1 atom stereocenters. The largest absolute Gasteiger partial charge is 0.462 e. The summed E-state index contributed by atoms with van der Waals surface area (Å²) in [5, 5.41) is 0. The molecule has 0 aliphatic heterocycles. The second kappa shape index (κ2) is 72.1. The molecule has 0 amide bonds. The van der Waals surface area contributed by atoms with Crippen molar-refractivity contribution in [3.8, 4) is 0 Å². The lowest BCUT2D eigenvalue weighted by molar-refractivity contribution is -0.167. The first-order valence-corrected chi connectivity index (χ1v) is 37.5. The van der Waals surface area contributed by atoms with Gasteiger partial charge in [0.25, 0.3) is 0 Å². The molecule has 0 rings (SSSR count). The Morgan fingerprint density at radius 2 is 0.398 bits per heavy atom. The van der Waals surface area contributed by atoms with Crippen LogP contribution in [0.3, 0.4) is 0 Å². The van der Waals surface area contributed by atoms with Gasteiger partial charge in [-0.15, -0.1) is 0 Å². The molecule has 0 bridgehead atoms. The lowest BCUT2D eigenvalue weighted by Gasteiger charge is -2.18. The van der Waals surface area contributed by atoms with Gasteiger partial charge in [-0.3, -0.25) is 14.4 Å². The average Bonchev–Trinajstić information content (AvgIpc) is 3.49. The SMILES string of the molecule is CCCCCCCC/C=C\CCCCCCCCCC(=O)OCC(COC(=O)CCCCCCCCCCCCCCC/C=C\CCCCCCCCCC)OC(=O)CCCCCCCCCCCCC/C=C\CCCCCCCCCC.